The van der Waals surface area contributed by atoms with E-state index in [4.69, 9.17) is 16.0 Å². The summed E-state index contributed by atoms with van der Waals surface area (Å²) in [5, 5.41) is 4.03. The van der Waals surface area contributed by atoms with E-state index in [1.54, 1.807) is 0 Å². The highest BCUT2D eigenvalue weighted by Gasteiger charge is 2.14. The Morgan fingerprint density at radius 3 is 2.14 bits per heavy atom. The minimum Gasteiger partial charge on any atom is -0.337 e. The zero-order valence-electron chi connectivity index (χ0n) is 16.9. The monoisotopic (exact) mass is 430 g/mol. The van der Waals surface area contributed by atoms with Crippen LogP contribution in [0.25, 0.3) is 11.4 Å². The molecule has 4 N–H and O–H groups in total. The summed E-state index contributed by atoms with van der Waals surface area (Å²) in [5.74, 6) is 1.04. The molecule has 160 valence electrons. The van der Waals surface area contributed by atoms with Crippen molar-refractivity contribution in [2.24, 2.45) is 11.5 Å². The lowest BCUT2D eigenvalue weighted by atomic mass is 10.0. The number of halogens is 2. The van der Waals surface area contributed by atoms with Crippen LogP contribution < -0.4 is 11.5 Å². The molecule has 1 atom stereocenters. The Bertz CT molecular complexity index is 619. The van der Waals surface area contributed by atoms with Crippen LogP contribution in [0, 0.1) is 0 Å². The van der Waals surface area contributed by atoms with Gasteiger partial charge in [-0.1, -0.05) is 81.3 Å². The molecule has 28 heavy (non-hydrogen) atoms. The van der Waals surface area contributed by atoms with Crippen LogP contribution in [0.1, 0.15) is 82.2 Å². The van der Waals surface area contributed by atoms with Gasteiger partial charge in [0.05, 0.1) is 6.04 Å². The van der Waals surface area contributed by atoms with Crippen molar-refractivity contribution in [1.82, 2.24) is 10.1 Å². The van der Waals surface area contributed by atoms with Crippen molar-refractivity contribution in [1.29, 1.82) is 0 Å². The molecule has 5 nitrogen and oxygen atoms in total. The minimum atomic E-state index is -0.289. The highest BCUT2D eigenvalue weighted by molar-refractivity contribution is 5.85. The molecule has 1 aromatic carbocycles. The van der Waals surface area contributed by atoms with Crippen molar-refractivity contribution < 1.29 is 4.52 Å². The molecule has 0 amide bonds. The third-order valence-corrected chi connectivity index (χ3v) is 4.77. The summed E-state index contributed by atoms with van der Waals surface area (Å²) in [6.45, 7) is 2.77. The summed E-state index contributed by atoms with van der Waals surface area (Å²) >= 11 is 0. The first kappa shape index (κ1) is 26.9. The lowest BCUT2D eigenvalue weighted by molar-refractivity contribution is 0.350. The predicted octanol–water partition coefficient (Wildman–Crippen LogP) is 5.61. The van der Waals surface area contributed by atoms with Gasteiger partial charge in [-0.2, -0.15) is 4.98 Å². The van der Waals surface area contributed by atoms with Gasteiger partial charge in [0.1, 0.15) is 0 Å². The fraction of sp³-hybridized carbons (Fsp3) is 0.619. The Balaban J connectivity index is 0.00000364. The lowest BCUT2D eigenvalue weighted by Crippen LogP contribution is -2.15. The van der Waals surface area contributed by atoms with Crippen molar-refractivity contribution in [3.05, 3.63) is 35.7 Å². The molecule has 0 saturated carbocycles. The van der Waals surface area contributed by atoms with Gasteiger partial charge in [-0.05, 0) is 31.4 Å². The molecule has 1 aromatic heterocycles. The zero-order valence-corrected chi connectivity index (χ0v) is 18.6. The van der Waals surface area contributed by atoms with Crippen LogP contribution in [-0.4, -0.2) is 16.7 Å². The van der Waals surface area contributed by atoms with E-state index in [-0.39, 0.29) is 30.9 Å². The molecule has 2 aromatic rings. The molecule has 2 rings (SSSR count). The summed E-state index contributed by atoms with van der Waals surface area (Å²) < 4.78 is 5.25. The average molecular weight is 431 g/mol. The highest BCUT2D eigenvalue weighted by atomic mass is 35.5. The maximum Gasteiger partial charge on any atom is 0.243 e. The maximum atomic E-state index is 5.96. The summed E-state index contributed by atoms with van der Waals surface area (Å²) in [4.78, 5) is 4.39. The van der Waals surface area contributed by atoms with E-state index in [9.17, 15) is 0 Å². The SMILES string of the molecule is CCCCCCCCCCc1ccc(-c2noc(C(N)CCN)n2)cc1.Cl.Cl. The van der Waals surface area contributed by atoms with Crippen LogP contribution in [0.2, 0.25) is 0 Å². The molecular weight excluding hydrogens is 395 g/mol. The number of benzene rings is 1. The Kier molecular flexibility index (Phi) is 15.1. The van der Waals surface area contributed by atoms with Gasteiger partial charge < -0.3 is 16.0 Å². The van der Waals surface area contributed by atoms with Gasteiger partial charge >= 0.3 is 0 Å². The molecule has 0 aliphatic carbocycles. The molecular formula is C21H36Cl2N4O. The largest absolute Gasteiger partial charge is 0.337 e. The zero-order chi connectivity index (χ0) is 18.6. The maximum absolute atomic E-state index is 5.96. The van der Waals surface area contributed by atoms with E-state index in [2.05, 4.69) is 41.3 Å². The number of nitrogens with zero attached hydrogens (tertiary/aromatic N) is 2. The van der Waals surface area contributed by atoms with Crippen LogP contribution in [0.5, 0.6) is 0 Å². The first-order chi connectivity index (χ1) is 12.7. The van der Waals surface area contributed by atoms with Gasteiger partial charge in [0.25, 0.3) is 0 Å². The Labute approximate surface area is 181 Å². The van der Waals surface area contributed by atoms with Crippen LogP contribution in [0.15, 0.2) is 28.8 Å². The van der Waals surface area contributed by atoms with Crippen molar-refractivity contribution in [3.63, 3.8) is 0 Å². The van der Waals surface area contributed by atoms with Crippen LogP contribution in [0.4, 0.5) is 0 Å². The first-order valence-corrected chi connectivity index (χ1v) is 10.1. The van der Waals surface area contributed by atoms with E-state index < -0.39 is 0 Å². The van der Waals surface area contributed by atoms with Crippen LogP contribution in [-0.2, 0) is 6.42 Å². The van der Waals surface area contributed by atoms with Crippen molar-refractivity contribution in [2.75, 3.05) is 6.54 Å². The molecule has 0 spiro atoms. The number of unbranched alkanes of at least 4 members (excludes halogenated alkanes) is 7. The molecule has 0 bridgehead atoms. The number of nitrogens with two attached hydrogens (primary N) is 2. The molecule has 1 unspecified atom stereocenters. The van der Waals surface area contributed by atoms with Crippen molar-refractivity contribution in [3.8, 4) is 11.4 Å². The van der Waals surface area contributed by atoms with Crippen LogP contribution in [0.3, 0.4) is 0 Å². The smallest absolute Gasteiger partial charge is 0.243 e. The molecule has 1 heterocycles. The van der Waals surface area contributed by atoms with Gasteiger partial charge in [-0.3, -0.25) is 0 Å². The normalized spacial score (nSPS) is 11.5. The van der Waals surface area contributed by atoms with Gasteiger partial charge in [0.15, 0.2) is 0 Å². The molecule has 0 aliphatic rings. The number of rotatable bonds is 13. The van der Waals surface area contributed by atoms with E-state index in [1.165, 1.54) is 56.9 Å². The Morgan fingerprint density at radius 1 is 0.929 bits per heavy atom. The second-order valence-corrected chi connectivity index (χ2v) is 7.06. The minimum absolute atomic E-state index is 0. The standard InChI is InChI=1S/C21H34N4O.2ClH/c1-2-3-4-5-6-7-8-9-10-17-11-13-18(14-12-17)20-24-21(26-25-20)19(23)15-16-22;;/h11-14,19H,2-10,15-16,22-23H2,1H3;2*1H. The topological polar surface area (TPSA) is 91.0 Å². The lowest BCUT2D eigenvalue weighted by Gasteiger charge is -2.04. The molecule has 0 aliphatic heterocycles. The van der Waals surface area contributed by atoms with Gasteiger partial charge in [-0.15, -0.1) is 24.8 Å². The van der Waals surface area contributed by atoms with Crippen molar-refractivity contribution in [2.45, 2.75) is 77.2 Å². The Hall–Kier alpha value is -1.14. The van der Waals surface area contributed by atoms with E-state index in [0.717, 1.165) is 12.0 Å². The van der Waals surface area contributed by atoms with E-state index in [0.29, 0.717) is 24.7 Å². The third-order valence-electron chi connectivity index (χ3n) is 4.77. The fourth-order valence-electron chi connectivity index (χ4n) is 3.09. The van der Waals surface area contributed by atoms with Gasteiger partial charge in [-0.25, -0.2) is 0 Å². The number of hydrogen-bond acceptors (Lipinski definition) is 5. The average Bonchev–Trinajstić information content (AvgIpc) is 3.15. The summed E-state index contributed by atoms with van der Waals surface area (Å²) in [5.41, 5.74) is 13.8. The van der Waals surface area contributed by atoms with Gasteiger partial charge in [0.2, 0.25) is 11.7 Å². The molecule has 0 radical (unpaired) electrons. The first-order valence-electron chi connectivity index (χ1n) is 10.1. The number of aromatic nitrogens is 2. The highest BCUT2D eigenvalue weighted by Crippen LogP contribution is 2.20. The van der Waals surface area contributed by atoms with E-state index >= 15 is 0 Å². The summed E-state index contributed by atoms with van der Waals surface area (Å²) in [6, 6.07) is 8.15. The van der Waals surface area contributed by atoms with E-state index in [1.807, 2.05) is 0 Å². The second-order valence-electron chi connectivity index (χ2n) is 7.06. The Morgan fingerprint density at radius 2 is 1.54 bits per heavy atom. The second kappa shape index (κ2) is 15.7. The number of aryl methyl sites for hydroxylation is 1. The fourth-order valence-corrected chi connectivity index (χ4v) is 3.09. The quantitative estimate of drug-likeness (QED) is 0.402. The molecule has 0 saturated heterocycles. The summed E-state index contributed by atoms with van der Waals surface area (Å²) in [6.07, 6.45) is 12.6. The molecule has 0 fully saturated rings. The predicted molar refractivity (Wildman–Crippen MR) is 121 cm³/mol. The summed E-state index contributed by atoms with van der Waals surface area (Å²) in [7, 11) is 0. The van der Waals surface area contributed by atoms with Crippen molar-refractivity contribution >= 4 is 24.8 Å². The van der Waals surface area contributed by atoms with Gasteiger partial charge in [0, 0.05) is 5.56 Å². The number of hydrogen-bond donors (Lipinski definition) is 2. The third kappa shape index (κ3) is 9.37. The molecule has 7 heteroatoms. The van der Waals surface area contributed by atoms with Crippen LogP contribution >= 0.6 is 24.8 Å².